The fourth-order valence-electron chi connectivity index (χ4n) is 7.47. The van der Waals surface area contributed by atoms with Crippen molar-refractivity contribution >= 4 is 50.8 Å². The Kier molecular flexibility index (Phi) is 8.55. The van der Waals surface area contributed by atoms with E-state index in [1.165, 1.54) is 6.33 Å². The van der Waals surface area contributed by atoms with Crippen LogP contribution < -0.4 is 5.73 Å². The first kappa shape index (κ1) is 34.0. The molecule has 2 N–H and O–H groups in total. The second-order valence-electron chi connectivity index (χ2n) is 13.2. The molecule has 8 nitrogen and oxygen atoms in total. The molecule has 0 amide bonds. The van der Waals surface area contributed by atoms with Crippen LogP contribution in [0.4, 0.5) is 19.0 Å². The normalized spacial score (nSPS) is 13.3. The zero-order chi connectivity index (χ0) is 37.1. The number of rotatable bonds is 4. The van der Waals surface area contributed by atoms with Gasteiger partial charge in [0.15, 0.2) is 11.6 Å². The first-order valence-electron chi connectivity index (χ1n) is 17.4. The van der Waals surface area contributed by atoms with Crippen LogP contribution in [0.5, 0.6) is 0 Å². The summed E-state index contributed by atoms with van der Waals surface area (Å²) in [6, 6.07) is 22.8. The van der Waals surface area contributed by atoms with Crippen LogP contribution in [0, 0.1) is 17.5 Å². The predicted molar refractivity (Wildman–Crippen MR) is 206 cm³/mol. The van der Waals surface area contributed by atoms with E-state index in [-0.39, 0.29) is 11.3 Å². The molecular weight excluding hydrogens is 732 g/mol. The number of nitrogens with zero attached hydrogens (tertiary/aromatic N) is 7. The van der Waals surface area contributed by atoms with E-state index < -0.39 is 17.5 Å². The van der Waals surface area contributed by atoms with Crippen LogP contribution in [0.25, 0.3) is 66.8 Å². The maximum Gasteiger partial charge on any atom is 0.168 e. The third-order valence-electron chi connectivity index (χ3n) is 9.91. The second-order valence-corrected chi connectivity index (χ2v) is 14.1. The summed E-state index contributed by atoms with van der Waals surface area (Å²) < 4.78 is 46.4. The van der Waals surface area contributed by atoms with Gasteiger partial charge in [0, 0.05) is 76.2 Å². The smallest absolute Gasteiger partial charge is 0.168 e. The van der Waals surface area contributed by atoms with E-state index in [1.54, 1.807) is 18.2 Å². The van der Waals surface area contributed by atoms with Crippen LogP contribution in [-0.2, 0) is 25.9 Å². The number of fused-ring (bicyclic) bond motifs is 4. The predicted octanol–water partition coefficient (Wildman–Crippen LogP) is 10.1. The van der Waals surface area contributed by atoms with E-state index in [1.807, 2.05) is 35.0 Å². The molecular formula is C41H29Cl2F3N8. The minimum absolute atomic E-state index is 0.202. The van der Waals surface area contributed by atoms with Gasteiger partial charge in [0.1, 0.15) is 29.6 Å². The molecule has 0 bridgehead atoms. The van der Waals surface area contributed by atoms with Gasteiger partial charge in [0.25, 0.3) is 0 Å². The quantitative estimate of drug-likeness (QED) is 0.179. The van der Waals surface area contributed by atoms with Crippen molar-refractivity contribution in [1.29, 1.82) is 0 Å². The molecule has 4 aromatic heterocycles. The number of benzene rings is 4. The molecule has 0 aliphatic carbocycles. The van der Waals surface area contributed by atoms with Crippen molar-refractivity contribution in [2.45, 2.75) is 38.8 Å². The SMILES string of the molecule is Clc1ccc(Cl)c(-c2nc3n(c2-c2ccc4ncccc4c2)CCC3)c1.Nc1ncnc2ccc(-c3c(-c4cc(F)cc(F)c4F)nc4n3CCC4)cc12. The molecule has 0 saturated carbocycles. The number of hydrogen-bond donors (Lipinski definition) is 1. The number of imidazole rings is 2. The van der Waals surface area contributed by atoms with Gasteiger partial charge in [-0.2, -0.15) is 0 Å². The topological polar surface area (TPSA) is 100 Å². The van der Waals surface area contributed by atoms with E-state index in [4.69, 9.17) is 33.9 Å². The molecule has 0 radical (unpaired) electrons. The van der Waals surface area contributed by atoms with E-state index >= 15 is 0 Å². The van der Waals surface area contributed by atoms with Crippen LogP contribution >= 0.6 is 23.2 Å². The van der Waals surface area contributed by atoms with Crippen molar-refractivity contribution in [3.05, 3.63) is 131 Å². The van der Waals surface area contributed by atoms with Gasteiger partial charge in [-0.25, -0.2) is 33.1 Å². The minimum Gasteiger partial charge on any atom is -0.383 e. The number of halogens is 5. The summed E-state index contributed by atoms with van der Waals surface area (Å²) in [5.41, 5.74) is 12.9. The number of hydrogen-bond acceptors (Lipinski definition) is 6. The van der Waals surface area contributed by atoms with Crippen molar-refractivity contribution in [3.63, 3.8) is 0 Å². The molecule has 2 aliphatic rings. The highest BCUT2D eigenvalue weighted by Crippen LogP contribution is 2.41. The Bertz CT molecular complexity index is 2780. The highest BCUT2D eigenvalue weighted by atomic mass is 35.5. The molecule has 10 rings (SSSR count). The number of pyridine rings is 1. The number of nitrogen functional groups attached to an aromatic ring is 1. The summed E-state index contributed by atoms with van der Waals surface area (Å²) in [4.78, 5) is 22.0. The maximum atomic E-state index is 14.5. The first-order valence-corrected chi connectivity index (χ1v) is 18.1. The largest absolute Gasteiger partial charge is 0.383 e. The van der Waals surface area contributed by atoms with Gasteiger partial charge >= 0.3 is 0 Å². The van der Waals surface area contributed by atoms with Crippen molar-refractivity contribution in [2.24, 2.45) is 0 Å². The molecule has 4 aromatic carbocycles. The molecule has 13 heteroatoms. The van der Waals surface area contributed by atoms with E-state index in [9.17, 15) is 13.2 Å². The summed E-state index contributed by atoms with van der Waals surface area (Å²) in [5, 5.41) is 3.08. The summed E-state index contributed by atoms with van der Waals surface area (Å²) in [6.45, 7) is 1.66. The Labute approximate surface area is 317 Å². The summed E-state index contributed by atoms with van der Waals surface area (Å²) >= 11 is 12.7. The highest BCUT2D eigenvalue weighted by Gasteiger charge is 2.27. The number of anilines is 1. The fraction of sp³-hybridized carbons (Fsp3) is 0.146. The lowest BCUT2D eigenvalue weighted by atomic mass is 10.0. The Balaban J connectivity index is 0.000000143. The number of nitrogens with two attached hydrogens (primary N) is 1. The summed E-state index contributed by atoms with van der Waals surface area (Å²) in [5.74, 6) is -1.04. The molecule has 268 valence electrons. The summed E-state index contributed by atoms with van der Waals surface area (Å²) in [7, 11) is 0. The van der Waals surface area contributed by atoms with Crippen LogP contribution in [0.3, 0.4) is 0 Å². The average Bonchev–Trinajstić information content (AvgIpc) is 3.97. The van der Waals surface area contributed by atoms with E-state index in [0.29, 0.717) is 57.1 Å². The molecule has 2 aliphatic heterocycles. The minimum atomic E-state index is -1.25. The van der Waals surface area contributed by atoms with Gasteiger partial charge in [-0.1, -0.05) is 41.4 Å². The lowest BCUT2D eigenvalue weighted by Gasteiger charge is -2.11. The van der Waals surface area contributed by atoms with E-state index in [0.717, 1.165) is 76.9 Å². The summed E-state index contributed by atoms with van der Waals surface area (Å²) in [6.07, 6.45) is 6.91. The zero-order valence-electron chi connectivity index (χ0n) is 28.5. The average molecular weight is 762 g/mol. The zero-order valence-corrected chi connectivity index (χ0v) is 30.0. The van der Waals surface area contributed by atoms with Gasteiger partial charge < -0.3 is 14.9 Å². The Morgan fingerprint density at radius 3 is 2.09 bits per heavy atom. The lowest BCUT2D eigenvalue weighted by molar-refractivity contribution is 0.497. The Morgan fingerprint density at radius 1 is 0.667 bits per heavy atom. The van der Waals surface area contributed by atoms with Crippen molar-refractivity contribution in [2.75, 3.05) is 5.73 Å². The van der Waals surface area contributed by atoms with Crippen LogP contribution in [0.15, 0.2) is 91.4 Å². The molecule has 0 saturated heterocycles. The van der Waals surface area contributed by atoms with Crippen molar-refractivity contribution < 1.29 is 13.2 Å². The van der Waals surface area contributed by atoms with Crippen LogP contribution in [0.1, 0.15) is 24.5 Å². The van der Waals surface area contributed by atoms with E-state index in [2.05, 4.69) is 48.8 Å². The molecule has 0 fully saturated rings. The van der Waals surface area contributed by atoms with Crippen LogP contribution in [-0.4, -0.2) is 34.1 Å². The van der Waals surface area contributed by atoms with Gasteiger partial charge in [-0.3, -0.25) is 4.98 Å². The third-order valence-corrected chi connectivity index (χ3v) is 10.5. The molecule has 6 heterocycles. The highest BCUT2D eigenvalue weighted by molar-refractivity contribution is 6.35. The fourth-order valence-corrected chi connectivity index (χ4v) is 7.85. The Hall–Kier alpha value is -5.78. The molecule has 0 atom stereocenters. The van der Waals surface area contributed by atoms with Gasteiger partial charge in [-0.15, -0.1) is 0 Å². The Morgan fingerprint density at radius 2 is 1.35 bits per heavy atom. The van der Waals surface area contributed by atoms with Crippen molar-refractivity contribution in [1.82, 2.24) is 34.1 Å². The van der Waals surface area contributed by atoms with Crippen molar-refractivity contribution in [3.8, 4) is 45.0 Å². The lowest BCUT2D eigenvalue weighted by Crippen LogP contribution is -1.99. The molecule has 0 spiro atoms. The third kappa shape index (κ3) is 5.93. The van der Waals surface area contributed by atoms with Gasteiger partial charge in [0.2, 0.25) is 0 Å². The molecule has 0 unspecified atom stereocenters. The second kappa shape index (κ2) is 13.6. The number of aryl methyl sites for hydroxylation is 2. The standard InChI is InChI=1S/C21H15Cl2N3.C20H14F3N5/c22-15-6-7-17(23)16(12-15)20-21(26-10-2-4-19(26)25-20)14-5-8-18-13(11-14)3-1-9-24-18;21-11-7-13(17(23)14(22)8-11)18-19(28-5-1-2-16(28)27-18)10-3-4-15-12(6-10)20(24)26-9-25-15/h1,3,5-9,11-12H,2,4,10H2;3-4,6-9H,1-2,5H2,(H2,24,25,26). The first-order chi connectivity index (χ1) is 26.2. The van der Waals surface area contributed by atoms with Crippen LogP contribution in [0.2, 0.25) is 10.0 Å². The van der Waals surface area contributed by atoms with Gasteiger partial charge in [-0.05, 0) is 67.4 Å². The number of aromatic nitrogens is 7. The monoisotopic (exact) mass is 760 g/mol. The van der Waals surface area contributed by atoms with Gasteiger partial charge in [0.05, 0.1) is 38.8 Å². The maximum absolute atomic E-state index is 14.5. The molecule has 54 heavy (non-hydrogen) atoms. The molecule has 8 aromatic rings.